The molecule has 0 radical (unpaired) electrons. The van der Waals surface area contributed by atoms with Crippen molar-refractivity contribution in [1.29, 1.82) is 0 Å². The zero-order valence-corrected chi connectivity index (χ0v) is 16.9. The van der Waals surface area contributed by atoms with Crippen molar-refractivity contribution in [3.63, 3.8) is 0 Å². The van der Waals surface area contributed by atoms with Gasteiger partial charge in [-0.15, -0.1) is 0 Å². The normalized spacial score (nSPS) is 26.6. The maximum absolute atomic E-state index is 12.3. The minimum atomic E-state index is -1.68. The van der Waals surface area contributed by atoms with Gasteiger partial charge in [-0.2, -0.15) is 0 Å². The molecule has 31 heavy (non-hydrogen) atoms. The molecular weight excluding hydrogens is 410 g/mol. The first kappa shape index (κ1) is 22.8. The topological polar surface area (TPSA) is 178 Å². The monoisotopic (exact) mass is 435 g/mol. The molecule has 1 aliphatic rings. The molecule has 0 spiro atoms. The van der Waals surface area contributed by atoms with E-state index in [1.165, 1.54) is 0 Å². The third-order valence-electron chi connectivity index (χ3n) is 5.18. The zero-order chi connectivity index (χ0) is 22.9. The predicted octanol–water partition coefficient (Wildman–Crippen LogP) is -1.43. The molecule has 3 rings (SSSR count). The van der Waals surface area contributed by atoms with Crippen molar-refractivity contribution in [2.24, 2.45) is 4.99 Å². The summed E-state index contributed by atoms with van der Waals surface area (Å²) in [5.74, 6) is -0.432. The summed E-state index contributed by atoms with van der Waals surface area (Å²) in [5.41, 5.74) is -0.872. The van der Waals surface area contributed by atoms with Crippen LogP contribution in [0.5, 0.6) is 5.88 Å². The van der Waals surface area contributed by atoms with Gasteiger partial charge in [-0.05, 0) is 23.6 Å². The number of ether oxygens (including phenoxy) is 1. The Morgan fingerprint density at radius 2 is 1.81 bits per heavy atom. The fourth-order valence-corrected chi connectivity index (χ4v) is 3.31. The fraction of sp³-hybridized carbons (Fsp3) is 0.450. The van der Waals surface area contributed by atoms with E-state index in [2.05, 4.69) is 9.98 Å². The van der Waals surface area contributed by atoms with Gasteiger partial charge in [-0.3, -0.25) is 14.8 Å². The van der Waals surface area contributed by atoms with Crippen molar-refractivity contribution in [1.82, 2.24) is 9.55 Å². The average molecular weight is 435 g/mol. The van der Waals surface area contributed by atoms with Crippen LogP contribution in [0.15, 0.2) is 38.8 Å². The van der Waals surface area contributed by atoms with Gasteiger partial charge in [0.1, 0.15) is 29.9 Å². The van der Waals surface area contributed by atoms with Gasteiger partial charge in [0.15, 0.2) is 6.29 Å². The summed E-state index contributed by atoms with van der Waals surface area (Å²) in [7, 11) is 0. The van der Waals surface area contributed by atoms with Crippen molar-refractivity contribution in [2.75, 3.05) is 6.61 Å². The third-order valence-corrected chi connectivity index (χ3v) is 5.18. The van der Waals surface area contributed by atoms with E-state index in [-0.39, 0.29) is 5.92 Å². The summed E-state index contributed by atoms with van der Waals surface area (Å²) in [6.07, 6.45) is -5.14. The van der Waals surface area contributed by atoms with E-state index in [0.29, 0.717) is 5.69 Å². The molecule has 11 nitrogen and oxygen atoms in total. The minimum Gasteiger partial charge on any atom is -0.493 e. The number of aromatic amines is 1. The Morgan fingerprint density at radius 1 is 1.16 bits per heavy atom. The number of aliphatic imine (C=N–C) groups is 1. The molecule has 5 unspecified atom stereocenters. The number of nitrogens with one attached hydrogen (secondary N) is 1. The van der Waals surface area contributed by atoms with Crippen LogP contribution < -0.4 is 11.2 Å². The lowest BCUT2D eigenvalue weighted by molar-refractivity contribution is -0.248. The largest absolute Gasteiger partial charge is 0.493 e. The van der Waals surface area contributed by atoms with Crippen molar-refractivity contribution in [2.45, 2.75) is 50.4 Å². The van der Waals surface area contributed by atoms with E-state index in [1.54, 1.807) is 24.3 Å². The highest BCUT2D eigenvalue weighted by molar-refractivity contribution is 5.82. The number of benzene rings is 1. The van der Waals surface area contributed by atoms with Crippen LogP contribution in [-0.4, -0.2) is 78.5 Å². The van der Waals surface area contributed by atoms with Crippen LogP contribution >= 0.6 is 0 Å². The number of hydrogen-bond donors (Lipinski definition) is 6. The highest BCUT2D eigenvalue weighted by Gasteiger charge is 2.43. The summed E-state index contributed by atoms with van der Waals surface area (Å²) in [4.78, 5) is 30.5. The van der Waals surface area contributed by atoms with E-state index in [4.69, 9.17) is 9.84 Å². The molecule has 1 fully saturated rings. The smallest absolute Gasteiger partial charge is 0.335 e. The summed E-state index contributed by atoms with van der Waals surface area (Å²) in [5, 5.41) is 49.8. The van der Waals surface area contributed by atoms with Crippen molar-refractivity contribution < 1.29 is 30.3 Å². The van der Waals surface area contributed by atoms with Crippen LogP contribution in [-0.2, 0) is 4.74 Å². The van der Waals surface area contributed by atoms with Crippen LogP contribution in [0.3, 0.4) is 0 Å². The first-order chi connectivity index (χ1) is 14.6. The molecule has 168 valence electrons. The summed E-state index contributed by atoms with van der Waals surface area (Å²) >= 11 is 0. The van der Waals surface area contributed by atoms with Crippen molar-refractivity contribution in [3.8, 4) is 11.6 Å². The highest BCUT2D eigenvalue weighted by atomic mass is 16.6. The quantitative estimate of drug-likeness (QED) is 0.310. The predicted molar refractivity (Wildman–Crippen MR) is 110 cm³/mol. The van der Waals surface area contributed by atoms with Gasteiger partial charge in [0.25, 0.3) is 5.56 Å². The molecule has 0 saturated carbocycles. The van der Waals surface area contributed by atoms with E-state index in [1.807, 2.05) is 13.8 Å². The second kappa shape index (κ2) is 9.12. The molecule has 0 bridgehead atoms. The number of aromatic nitrogens is 2. The van der Waals surface area contributed by atoms with Crippen LogP contribution in [0, 0.1) is 0 Å². The van der Waals surface area contributed by atoms with E-state index in [9.17, 15) is 30.0 Å². The number of rotatable bonds is 5. The second-order valence-corrected chi connectivity index (χ2v) is 7.58. The third kappa shape index (κ3) is 4.45. The Kier molecular flexibility index (Phi) is 6.72. The van der Waals surface area contributed by atoms with Gasteiger partial charge < -0.3 is 30.3 Å². The molecule has 1 saturated heterocycles. The first-order valence-corrected chi connectivity index (χ1v) is 9.68. The Bertz CT molecular complexity index is 1060. The fourth-order valence-electron chi connectivity index (χ4n) is 3.31. The second-order valence-electron chi connectivity index (χ2n) is 7.58. The molecule has 2 heterocycles. The van der Waals surface area contributed by atoms with Crippen molar-refractivity contribution in [3.05, 3.63) is 56.2 Å². The number of nitrogens with zero attached hydrogens (tertiary/aromatic N) is 2. The number of H-pyrrole nitrogens is 1. The molecule has 0 amide bonds. The lowest BCUT2D eigenvalue weighted by Crippen LogP contribution is -2.57. The highest BCUT2D eigenvalue weighted by Crippen LogP contribution is 2.23. The van der Waals surface area contributed by atoms with Crippen molar-refractivity contribution >= 4 is 6.21 Å². The number of aliphatic hydroxyl groups is 4. The maximum atomic E-state index is 12.3. The minimum absolute atomic E-state index is 0.258. The van der Waals surface area contributed by atoms with E-state index >= 15 is 0 Å². The number of aromatic hydroxyl groups is 1. The molecular formula is C20H25N3O8. The lowest BCUT2D eigenvalue weighted by Gasteiger charge is -2.38. The van der Waals surface area contributed by atoms with Crippen LogP contribution in [0.25, 0.3) is 5.69 Å². The summed E-state index contributed by atoms with van der Waals surface area (Å²) in [6, 6.07) is 5.40. The summed E-state index contributed by atoms with van der Waals surface area (Å²) < 4.78 is 5.88. The van der Waals surface area contributed by atoms with Gasteiger partial charge in [-0.1, -0.05) is 26.0 Å². The summed E-state index contributed by atoms with van der Waals surface area (Å²) in [6.45, 7) is 3.38. The number of hydrogen-bond acceptors (Lipinski definition) is 9. The molecule has 6 N–H and O–H groups in total. The SMILES string of the molecule is CC(C)c1ccc(-n2c(O)c(C=NC3C(O)OC(CO)C(O)C3O)c(=O)[nH]c2=O)cc1. The molecule has 1 aromatic carbocycles. The standard InChI is InChI=1S/C20H25N3O8/c1-9(2)10-3-5-11(6-4-10)23-18(28)12(17(27)22-20(23)30)7-21-14-16(26)15(25)13(8-24)31-19(14)29/h3-7,9,13-16,19,24-26,28-29H,8H2,1-2H3,(H,22,27,30). The number of aliphatic hydroxyl groups excluding tert-OH is 4. The average Bonchev–Trinajstić information content (AvgIpc) is 2.72. The Morgan fingerprint density at radius 3 is 2.39 bits per heavy atom. The van der Waals surface area contributed by atoms with E-state index < -0.39 is 59.9 Å². The molecule has 1 aliphatic heterocycles. The zero-order valence-electron chi connectivity index (χ0n) is 16.9. The van der Waals surface area contributed by atoms with Crippen LogP contribution in [0.2, 0.25) is 0 Å². The van der Waals surface area contributed by atoms with Gasteiger partial charge >= 0.3 is 5.69 Å². The molecule has 1 aromatic heterocycles. The molecule has 2 aromatic rings. The lowest BCUT2D eigenvalue weighted by atomic mass is 9.97. The molecule has 5 atom stereocenters. The van der Waals surface area contributed by atoms with Gasteiger partial charge in [0.05, 0.1) is 12.3 Å². The van der Waals surface area contributed by atoms with Gasteiger partial charge in [-0.25, -0.2) is 9.36 Å². The molecule has 0 aliphatic carbocycles. The van der Waals surface area contributed by atoms with Gasteiger partial charge in [0.2, 0.25) is 5.88 Å². The Balaban J connectivity index is 1.98. The van der Waals surface area contributed by atoms with Crippen LogP contribution in [0.1, 0.15) is 30.9 Å². The van der Waals surface area contributed by atoms with Gasteiger partial charge in [0, 0.05) is 6.21 Å². The maximum Gasteiger partial charge on any atom is 0.335 e. The Hall–Kier alpha value is -2.83. The Labute approximate surface area is 176 Å². The molecule has 11 heteroatoms. The first-order valence-electron chi connectivity index (χ1n) is 9.68. The van der Waals surface area contributed by atoms with E-state index in [0.717, 1.165) is 16.3 Å². The van der Waals surface area contributed by atoms with Crippen LogP contribution in [0.4, 0.5) is 0 Å².